The predicted octanol–water partition coefficient (Wildman–Crippen LogP) is 4.02. The summed E-state index contributed by atoms with van der Waals surface area (Å²) in [5.41, 5.74) is 6.14. The predicted molar refractivity (Wildman–Crippen MR) is 161 cm³/mol. The van der Waals surface area contributed by atoms with Crippen molar-refractivity contribution in [3.05, 3.63) is 106 Å². The minimum atomic E-state index is -0.622. The SMILES string of the molecule is CCOC(=O)C1=C(C)NC(=S)N[C@H]1c1ccccc1OCC(=O)NN=Cc1ccc(OCc2ccccc2C#N)cc1. The standard InChI is InChI=1S/C31H29N5O5S/c1-3-39-30(38)28-20(2)34-31(42)35-29(28)25-10-6-7-11-26(25)41-19-27(37)36-33-17-21-12-14-24(15-13-21)40-18-23-9-5-4-8-22(23)16-32/h4-15,17,29H,3,18-19H2,1-2H3,(H,36,37)(H2,34,35,42)/t29-/m0/s1. The second-order valence-electron chi connectivity index (χ2n) is 9.04. The molecule has 0 saturated carbocycles. The fourth-order valence-corrected chi connectivity index (χ4v) is 4.45. The average Bonchev–Trinajstić information content (AvgIpc) is 2.99. The first kappa shape index (κ1) is 29.8. The number of esters is 1. The first-order valence-electron chi connectivity index (χ1n) is 13.1. The van der Waals surface area contributed by atoms with E-state index in [1.807, 2.05) is 18.2 Å². The van der Waals surface area contributed by atoms with Gasteiger partial charge >= 0.3 is 5.97 Å². The van der Waals surface area contributed by atoms with Gasteiger partial charge in [0.2, 0.25) is 0 Å². The molecule has 11 heteroatoms. The van der Waals surface area contributed by atoms with Crippen LogP contribution in [0.1, 0.15) is 42.1 Å². The van der Waals surface area contributed by atoms with Crippen LogP contribution in [0.25, 0.3) is 0 Å². The lowest BCUT2D eigenvalue weighted by atomic mass is 9.95. The Hall–Kier alpha value is -5.21. The molecule has 3 aromatic carbocycles. The van der Waals surface area contributed by atoms with Crippen LogP contribution in [0.4, 0.5) is 0 Å². The second kappa shape index (κ2) is 14.4. The van der Waals surface area contributed by atoms with Gasteiger partial charge in [-0.3, -0.25) is 4.79 Å². The van der Waals surface area contributed by atoms with Crippen LogP contribution < -0.4 is 25.5 Å². The highest BCUT2D eigenvalue weighted by atomic mass is 32.1. The number of amides is 1. The maximum Gasteiger partial charge on any atom is 0.338 e. The number of rotatable bonds is 11. The smallest absolute Gasteiger partial charge is 0.338 e. The summed E-state index contributed by atoms with van der Waals surface area (Å²) in [4.78, 5) is 25.2. The van der Waals surface area contributed by atoms with E-state index in [2.05, 4.69) is 27.2 Å². The molecule has 214 valence electrons. The summed E-state index contributed by atoms with van der Waals surface area (Å²) in [7, 11) is 0. The molecule has 1 aliphatic rings. The van der Waals surface area contributed by atoms with Crippen molar-refractivity contribution in [3.8, 4) is 17.6 Å². The third-order valence-electron chi connectivity index (χ3n) is 6.17. The van der Waals surface area contributed by atoms with Crippen LogP contribution in [0, 0.1) is 11.3 Å². The summed E-state index contributed by atoms with van der Waals surface area (Å²) in [5, 5.41) is 19.6. The molecule has 1 amide bonds. The fraction of sp³-hybridized carbons (Fsp3) is 0.194. The number of hydrogen-bond donors (Lipinski definition) is 3. The lowest BCUT2D eigenvalue weighted by molar-refractivity contribution is -0.139. The van der Waals surface area contributed by atoms with Gasteiger partial charge in [-0.25, -0.2) is 10.2 Å². The average molecular weight is 584 g/mol. The number of carbonyl (C=O) groups excluding carboxylic acids is 2. The Bertz CT molecular complexity index is 1560. The van der Waals surface area contributed by atoms with E-state index in [-0.39, 0.29) is 19.8 Å². The highest BCUT2D eigenvalue weighted by molar-refractivity contribution is 7.80. The van der Waals surface area contributed by atoms with Crippen LogP contribution in [0.15, 0.2) is 89.2 Å². The van der Waals surface area contributed by atoms with E-state index in [0.29, 0.717) is 39.0 Å². The molecule has 1 aliphatic heterocycles. The van der Waals surface area contributed by atoms with Crippen LogP contribution in [0.2, 0.25) is 0 Å². The Morgan fingerprint density at radius 1 is 1.07 bits per heavy atom. The maximum absolute atomic E-state index is 12.7. The van der Waals surface area contributed by atoms with E-state index < -0.39 is 17.9 Å². The van der Waals surface area contributed by atoms with E-state index in [9.17, 15) is 14.9 Å². The lowest BCUT2D eigenvalue weighted by Crippen LogP contribution is -2.45. The normalized spacial score (nSPS) is 14.4. The van der Waals surface area contributed by atoms with Gasteiger partial charge in [-0.05, 0) is 68.0 Å². The van der Waals surface area contributed by atoms with Gasteiger partial charge in [0.05, 0.1) is 36.1 Å². The maximum atomic E-state index is 12.7. The van der Waals surface area contributed by atoms with Crippen molar-refractivity contribution in [1.82, 2.24) is 16.1 Å². The monoisotopic (exact) mass is 583 g/mol. The zero-order chi connectivity index (χ0) is 29.9. The van der Waals surface area contributed by atoms with Gasteiger partial charge in [-0.2, -0.15) is 10.4 Å². The summed E-state index contributed by atoms with van der Waals surface area (Å²) in [6, 6.07) is 23.0. The first-order chi connectivity index (χ1) is 20.4. The van der Waals surface area contributed by atoms with Gasteiger partial charge in [-0.1, -0.05) is 36.4 Å². The molecule has 1 heterocycles. The van der Waals surface area contributed by atoms with E-state index in [0.717, 1.165) is 11.1 Å². The molecule has 0 saturated heterocycles. The zero-order valence-corrected chi connectivity index (χ0v) is 23.9. The van der Waals surface area contributed by atoms with E-state index in [1.54, 1.807) is 68.4 Å². The number of para-hydroxylation sites is 1. The van der Waals surface area contributed by atoms with Gasteiger partial charge in [0.25, 0.3) is 5.91 Å². The van der Waals surface area contributed by atoms with Gasteiger partial charge in [0, 0.05) is 16.8 Å². The van der Waals surface area contributed by atoms with Crippen molar-refractivity contribution in [2.24, 2.45) is 5.10 Å². The van der Waals surface area contributed by atoms with Gasteiger partial charge in [0.15, 0.2) is 11.7 Å². The third-order valence-corrected chi connectivity index (χ3v) is 6.39. The Morgan fingerprint density at radius 3 is 2.57 bits per heavy atom. The number of hydrazone groups is 1. The number of benzene rings is 3. The van der Waals surface area contributed by atoms with Crippen LogP contribution >= 0.6 is 12.2 Å². The van der Waals surface area contributed by atoms with Gasteiger partial charge in [0.1, 0.15) is 18.1 Å². The molecule has 0 aliphatic carbocycles. The molecule has 4 rings (SSSR count). The van der Waals surface area contributed by atoms with Crippen molar-refractivity contribution in [2.75, 3.05) is 13.2 Å². The quantitative estimate of drug-likeness (QED) is 0.132. The number of nitrogens with zero attached hydrogens (tertiary/aromatic N) is 2. The number of thiocarbonyl (C=S) groups is 1. The summed E-state index contributed by atoms with van der Waals surface area (Å²) >= 11 is 5.30. The van der Waals surface area contributed by atoms with E-state index >= 15 is 0 Å². The summed E-state index contributed by atoms with van der Waals surface area (Å²) < 4.78 is 16.8. The number of nitrogens with one attached hydrogen (secondary N) is 3. The molecule has 0 radical (unpaired) electrons. The first-order valence-corrected chi connectivity index (χ1v) is 13.5. The molecule has 3 aromatic rings. The van der Waals surface area contributed by atoms with E-state index in [4.69, 9.17) is 26.4 Å². The largest absolute Gasteiger partial charge is 0.489 e. The third kappa shape index (κ3) is 7.71. The molecule has 3 N–H and O–H groups in total. The number of hydrogen-bond acceptors (Lipinski definition) is 8. The molecule has 10 nitrogen and oxygen atoms in total. The highest BCUT2D eigenvalue weighted by Gasteiger charge is 2.32. The van der Waals surface area contributed by atoms with Crippen LogP contribution in [-0.2, 0) is 20.9 Å². The van der Waals surface area contributed by atoms with Crippen molar-refractivity contribution in [3.63, 3.8) is 0 Å². The number of nitriles is 1. The molecule has 1 atom stereocenters. The van der Waals surface area contributed by atoms with Crippen LogP contribution in [0.5, 0.6) is 11.5 Å². The number of carbonyl (C=O) groups is 2. The van der Waals surface area contributed by atoms with Gasteiger partial charge < -0.3 is 24.8 Å². The Balaban J connectivity index is 1.33. The van der Waals surface area contributed by atoms with Gasteiger partial charge in [-0.15, -0.1) is 0 Å². The van der Waals surface area contributed by atoms with E-state index in [1.165, 1.54) is 6.21 Å². The van der Waals surface area contributed by atoms with Crippen LogP contribution in [0.3, 0.4) is 0 Å². The minimum absolute atomic E-state index is 0.224. The molecule has 0 aromatic heterocycles. The number of ether oxygens (including phenoxy) is 3. The minimum Gasteiger partial charge on any atom is -0.489 e. The Kier molecular flexibility index (Phi) is 10.2. The molecule has 0 spiro atoms. The summed E-state index contributed by atoms with van der Waals surface area (Å²) in [6.07, 6.45) is 1.50. The molecule has 0 fully saturated rings. The molecular weight excluding hydrogens is 554 g/mol. The zero-order valence-electron chi connectivity index (χ0n) is 23.0. The molecule has 0 bridgehead atoms. The topological polar surface area (TPSA) is 134 Å². The summed E-state index contributed by atoms with van der Waals surface area (Å²) in [5.74, 6) is 0.0918. The molecule has 42 heavy (non-hydrogen) atoms. The van der Waals surface area contributed by atoms with Crippen molar-refractivity contribution < 1.29 is 23.8 Å². The van der Waals surface area contributed by atoms with Crippen LogP contribution in [-0.4, -0.2) is 36.4 Å². The van der Waals surface area contributed by atoms with Crippen molar-refractivity contribution in [1.29, 1.82) is 5.26 Å². The molecule has 0 unspecified atom stereocenters. The molecular formula is C31H29N5O5S. The number of allylic oxidation sites excluding steroid dienone is 1. The summed E-state index contributed by atoms with van der Waals surface area (Å²) in [6.45, 7) is 3.67. The van der Waals surface area contributed by atoms with Crippen molar-refractivity contribution in [2.45, 2.75) is 26.5 Å². The highest BCUT2D eigenvalue weighted by Crippen LogP contribution is 2.33. The Labute approximate surface area is 249 Å². The fourth-order valence-electron chi connectivity index (χ4n) is 4.18. The second-order valence-corrected chi connectivity index (χ2v) is 9.45. The lowest BCUT2D eigenvalue weighted by Gasteiger charge is -2.30. The van der Waals surface area contributed by atoms with Crippen molar-refractivity contribution >= 4 is 35.4 Å². The Morgan fingerprint density at radius 2 is 1.81 bits per heavy atom.